The summed E-state index contributed by atoms with van der Waals surface area (Å²) >= 11 is 5.90. The van der Waals surface area contributed by atoms with Gasteiger partial charge in [-0.2, -0.15) is 0 Å². The van der Waals surface area contributed by atoms with Gasteiger partial charge in [-0.3, -0.25) is 4.79 Å². The van der Waals surface area contributed by atoms with Crippen LogP contribution in [0.5, 0.6) is 0 Å². The Morgan fingerprint density at radius 2 is 2.15 bits per heavy atom. The number of amides is 1. The van der Waals surface area contributed by atoms with Crippen LogP contribution in [0.1, 0.15) is 23.7 Å². The summed E-state index contributed by atoms with van der Waals surface area (Å²) in [5, 5.41) is 14.7. The van der Waals surface area contributed by atoms with Crippen LogP contribution in [0.15, 0.2) is 18.2 Å². The van der Waals surface area contributed by atoms with Crippen LogP contribution in [0.25, 0.3) is 0 Å². The molecular weight excluding hydrogens is 280 g/mol. The number of benzene rings is 1. The largest absolute Gasteiger partial charge is 0.478 e. The van der Waals surface area contributed by atoms with Gasteiger partial charge in [-0.05, 0) is 25.1 Å². The first kappa shape index (κ1) is 16.0. The summed E-state index contributed by atoms with van der Waals surface area (Å²) < 4.78 is 0. The molecule has 0 aliphatic heterocycles. The molecule has 1 amide bonds. The van der Waals surface area contributed by atoms with Gasteiger partial charge in [-0.25, -0.2) is 4.79 Å². The summed E-state index contributed by atoms with van der Waals surface area (Å²) in [6.45, 7) is 2.47. The van der Waals surface area contributed by atoms with Crippen LogP contribution in [-0.2, 0) is 4.79 Å². The van der Waals surface area contributed by atoms with E-state index in [0.29, 0.717) is 18.0 Å². The first-order chi connectivity index (χ1) is 9.54. The lowest BCUT2D eigenvalue weighted by atomic mass is 10.2. The molecule has 0 saturated heterocycles. The highest BCUT2D eigenvalue weighted by molar-refractivity contribution is 6.33. The Kier molecular flexibility index (Phi) is 6.57. The average Bonchev–Trinajstić information content (AvgIpc) is 2.40. The number of nitrogens with one attached hydrogen (secondary N) is 2. The number of halogens is 1. The molecule has 3 N–H and O–H groups in total. The van der Waals surface area contributed by atoms with Gasteiger partial charge in [0.25, 0.3) is 0 Å². The molecule has 0 unspecified atom stereocenters. The van der Waals surface area contributed by atoms with Crippen LogP contribution in [0.4, 0.5) is 5.69 Å². The summed E-state index contributed by atoms with van der Waals surface area (Å²) in [7, 11) is 0. The summed E-state index contributed by atoms with van der Waals surface area (Å²) in [6.07, 6.45) is 0.666. The quantitative estimate of drug-likeness (QED) is 0.554. The Morgan fingerprint density at radius 3 is 2.80 bits per heavy atom. The SMILES string of the molecule is CC#CCCNCC(=O)Nc1cc(C(=O)O)ccc1Cl. The van der Waals surface area contributed by atoms with E-state index in [2.05, 4.69) is 22.5 Å². The molecule has 1 rings (SSSR count). The van der Waals surface area contributed by atoms with Crippen LogP contribution in [0.2, 0.25) is 5.02 Å². The lowest BCUT2D eigenvalue weighted by molar-refractivity contribution is -0.115. The van der Waals surface area contributed by atoms with Crippen LogP contribution in [0, 0.1) is 11.8 Å². The second-order valence-corrected chi connectivity index (χ2v) is 4.31. The van der Waals surface area contributed by atoms with E-state index in [1.165, 1.54) is 18.2 Å². The Labute approximate surface area is 122 Å². The van der Waals surface area contributed by atoms with Gasteiger partial charge in [0.2, 0.25) is 5.91 Å². The molecule has 0 aliphatic carbocycles. The first-order valence-electron chi connectivity index (χ1n) is 5.97. The van der Waals surface area contributed by atoms with E-state index in [1.54, 1.807) is 6.92 Å². The van der Waals surface area contributed by atoms with Crippen LogP contribution in [-0.4, -0.2) is 30.1 Å². The van der Waals surface area contributed by atoms with Crippen LogP contribution in [0.3, 0.4) is 0 Å². The van der Waals surface area contributed by atoms with E-state index in [0.717, 1.165) is 0 Å². The van der Waals surface area contributed by atoms with Gasteiger partial charge < -0.3 is 15.7 Å². The van der Waals surface area contributed by atoms with E-state index in [-0.39, 0.29) is 23.7 Å². The van der Waals surface area contributed by atoms with Gasteiger partial charge in [0, 0.05) is 13.0 Å². The fourth-order valence-electron chi connectivity index (χ4n) is 1.43. The van der Waals surface area contributed by atoms with E-state index < -0.39 is 5.97 Å². The topological polar surface area (TPSA) is 78.4 Å². The number of aromatic carboxylic acids is 1. The molecule has 0 fully saturated rings. The standard InChI is InChI=1S/C14H15ClN2O3/c1-2-3-4-7-16-9-13(18)17-12-8-10(14(19)20)5-6-11(12)15/h5-6,8,16H,4,7,9H2,1H3,(H,17,18)(H,19,20). The molecule has 0 radical (unpaired) electrons. The molecule has 0 spiro atoms. The highest BCUT2D eigenvalue weighted by atomic mass is 35.5. The predicted octanol–water partition coefficient (Wildman–Crippen LogP) is 1.98. The minimum Gasteiger partial charge on any atom is -0.478 e. The smallest absolute Gasteiger partial charge is 0.335 e. The summed E-state index contributed by atoms with van der Waals surface area (Å²) in [6, 6.07) is 4.14. The predicted molar refractivity (Wildman–Crippen MR) is 78.0 cm³/mol. The van der Waals surface area contributed by atoms with Gasteiger partial charge >= 0.3 is 5.97 Å². The van der Waals surface area contributed by atoms with Crippen LogP contribution >= 0.6 is 11.6 Å². The molecule has 0 heterocycles. The van der Waals surface area contributed by atoms with Gasteiger partial charge in [0.1, 0.15) is 0 Å². The number of carbonyl (C=O) groups is 2. The molecule has 0 saturated carbocycles. The summed E-state index contributed by atoms with van der Waals surface area (Å²) in [5.74, 6) is 4.26. The Bertz CT molecular complexity index is 561. The molecule has 0 atom stereocenters. The average molecular weight is 295 g/mol. The zero-order chi connectivity index (χ0) is 15.0. The molecule has 0 bridgehead atoms. The van der Waals surface area contributed by atoms with E-state index >= 15 is 0 Å². The fourth-order valence-corrected chi connectivity index (χ4v) is 1.59. The zero-order valence-corrected chi connectivity index (χ0v) is 11.8. The second-order valence-electron chi connectivity index (χ2n) is 3.90. The minimum atomic E-state index is -1.08. The molecule has 1 aromatic carbocycles. The van der Waals surface area contributed by atoms with E-state index in [1.807, 2.05) is 0 Å². The van der Waals surface area contributed by atoms with Crippen molar-refractivity contribution >= 4 is 29.2 Å². The maximum atomic E-state index is 11.7. The normalized spacial score (nSPS) is 9.50. The highest BCUT2D eigenvalue weighted by Crippen LogP contribution is 2.22. The number of anilines is 1. The molecule has 6 heteroatoms. The summed E-state index contributed by atoms with van der Waals surface area (Å²) in [5.41, 5.74) is 0.350. The molecule has 0 aliphatic rings. The number of carboxylic acid groups (broad SMARTS) is 1. The third kappa shape index (κ3) is 5.31. The van der Waals surface area contributed by atoms with Crippen molar-refractivity contribution < 1.29 is 14.7 Å². The number of hydrogen-bond acceptors (Lipinski definition) is 3. The van der Waals surface area contributed by atoms with Crippen molar-refractivity contribution in [1.29, 1.82) is 0 Å². The van der Waals surface area contributed by atoms with Gasteiger partial charge in [-0.1, -0.05) is 11.6 Å². The number of hydrogen-bond donors (Lipinski definition) is 3. The monoisotopic (exact) mass is 294 g/mol. The highest BCUT2D eigenvalue weighted by Gasteiger charge is 2.09. The third-order valence-electron chi connectivity index (χ3n) is 2.38. The van der Waals surface area contributed by atoms with Crippen molar-refractivity contribution in [2.45, 2.75) is 13.3 Å². The molecular formula is C14H15ClN2O3. The van der Waals surface area contributed by atoms with Crippen molar-refractivity contribution in [3.05, 3.63) is 28.8 Å². The van der Waals surface area contributed by atoms with Crippen molar-refractivity contribution in [2.75, 3.05) is 18.4 Å². The molecule has 106 valence electrons. The first-order valence-corrected chi connectivity index (χ1v) is 6.35. The lowest BCUT2D eigenvalue weighted by Gasteiger charge is -2.08. The molecule has 5 nitrogen and oxygen atoms in total. The summed E-state index contributed by atoms with van der Waals surface area (Å²) in [4.78, 5) is 22.5. The van der Waals surface area contributed by atoms with Crippen molar-refractivity contribution in [3.8, 4) is 11.8 Å². The van der Waals surface area contributed by atoms with Crippen molar-refractivity contribution in [2.24, 2.45) is 0 Å². The fraction of sp³-hybridized carbons (Fsp3) is 0.286. The lowest BCUT2D eigenvalue weighted by Crippen LogP contribution is -2.28. The molecule has 1 aromatic rings. The maximum absolute atomic E-state index is 11.7. The Balaban J connectivity index is 2.54. The Hall–Kier alpha value is -2.03. The molecule has 0 aromatic heterocycles. The van der Waals surface area contributed by atoms with Gasteiger partial charge in [0.05, 0.1) is 22.8 Å². The van der Waals surface area contributed by atoms with Crippen molar-refractivity contribution in [1.82, 2.24) is 5.32 Å². The van der Waals surface area contributed by atoms with Gasteiger partial charge in [0.15, 0.2) is 0 Å². The number of carboxylic acids is 1. The van der Waals surface area contributed by atoms with E-state index in [9.17, 15) is 9.59 Å². The second kappa shape index (κ2) is 8.20. The van der Waals surface area contributed by atoms with Crippen LogP contribution < -0.4 is 10.6 Å². The third-order valence-corrected chi connectivity index (χ3v) is 2.71. The van der Waals surface area contributed by atoms with E-state index in [4.69, 9.17) is 16.7 Å². The van der Waals surface area contributed by atoms with Crippen molar-refractivity contribution in [3.63, 3.8) is 0 Å². The number of carbonyl (C=O) groups excluding carboxylic acids is 1. The van der Waals surface area contributed by atoms with Gasteiger partial charge in [-0.15, -0.1) is 11.8 Å². The maximum Gasteiger partial charge on any atom is 0.335 e. The number of rotatable bonds is 6. The zero-order valence-electron chi connectivity index (χ0n) is 11.0. The minimum absolute atomic E-state index is 0.0656. The molecule has 20 heavy (non-hydrogen) atoms. The Morgan fingerprint density at radius 1 is 1.40 bits per heavy atom.